The number of aromatic nitrogens is 2. The molecule has 7 heteroatoms. The molecule has 1 aromatic heterocycles. The summed E-state index contributed by atoms with van der Waals surface area (Å²) in [5, 5.41) is 8.72. The van der Waals surface area contributed by atoms with Crippen LogP contribution in [0.1, 0.15) is 11.3 Å². The van der Waals surface area contributed by atoms with Gasteiger partial charge in [-0.2, -0.15) is 5.26 Å². The number of benzene rings is 1. The highest BCUT2D eigenvalue weighted by Gasteiger charge is 2.12. The molecule has 2 rings (SSSR count). The van der Waals surface area contributed by atoms with Gasteiger partial charge in [0.15, 0.2) is 5.69 Å². The van der Waals surface area contributed by atoms with Crippen molar-refractivity contribution in [1.82, 2.24) is 9.97 Å². The Bertz CT molecular complexity index is 677. The summed E-state index contributed by atoms with van der Waals surface area (Å²) >= 11 is 0. The quantitative estimate of drug-likeness (QED) is 0.766. The fourth-order valence-corrected chi connectivity index (χ4v) is 1.86. The number of hydrogen-bond acceptors (Lipinski definition) is 6. The van der Waals surface area contributed by atoms with Crippen LogP contribution in [0.15, 0.2) is 36.7 Å². The number of rotatable bonds is 5. The van der Waals surface area contributed by atoms with Crippen molar-refractivity contribution >= 4 is 17.4 Å². The van der Waals surface area contributed by atoms with Crippen LogP contribution in [0.4, 0.5) is 11.5 Å². The van der Waals surface area contributed by atoms with Crippen molar-refractivity contribution < 1.29 is 4.79 Å². The molecule has 0 aliphatic rings. The molecule has 7 nitrogen and oxygen atoms in total. The molecule has 2 aromatic rings. The molecule has 0 radical (unpaired) electrons. The van der Waals surface area contributed by atoms with E-state index in [0.717, 1.165) is 5.56 Å². The Hall–Kier alpha value is -3.14. The van der Waals surface area contributed by atoms with Gasteiger partial charge in [0.2, 0.25) is 5.91 Å². The molecule has 1 aromatic carbocycles. The Morgan fingerprint density at radius 3 is 2.71 bits per heavy atom. The lowest BCUT2D eigenvalue weighted by molar-refractivity contribution is -0.116. The second kappa shape index (κ2) is 6.34. The maximum atomic E-state index is 11.2. The largest absolute Gasteiger partial charge is 0.399 e. The van der Waals surface area contributed by atoms with E-state index in [-0.39, 0.29) is 12.2 Å². The van der Waals surface area contributed by atoms with E-state index in [1.165, 1.54) is 12.4 Å². The molecule has 0 spiro atoms. The number of carbonyl (C=O) groups is 1. The summed E-state index contributed by atoms with van der Waals surface area (Å²) in [5.41, 5.74) is 12.8. The van der Waals surface area contributed by atoms with E-state index in [4.69, 9.17) is 16.7 Å². The van der Waals surface area contributed by atoms with Crippen LogP contribution in [0.25, 0.3) is 0 Å². The van der Waals surface area contributed by atoms with Gasteiger partial charge in [0.25, 0.3) is 0 Å². The molecular formula is C14H14N6O. The van der Waals surface area contributed by atoms with Crippen LogP contribution in [0.2, 0.25) is 0 Å². The van der Waals surface area contributed by atoms with Crippen molar-refractivity contribution in [3.8, 4) is 6.07 Å². The Labute approximate surface area is 121 Å². The van der Waals surface area contributed by atoms with Crippen LogP contribution in [-0.4, -0.2) is 22.4 Å². The normalized spacial score (nSPS) is 9.86. The standard InChI is InChI=1S/C14H14N6O/c15-5-12-6-19-14(7-18-12)20(9-13(17)21)8-10-2-1-3-11(16)4-10/h1-4,6-7H,8-9,16H2,(H2,17,21). The first-order chi connectivity index (χ1) is 10.1. The van der Waals surface area contributed by atoms with E-state index in [1.807, 2.05) is 24.3 Å². The molecule has 0 unspecified atom stereocenters. The second-order valence-electron chi connectivity index (χ2n) is 4.44. The number of amides is 1. The van der Waals surface area contributed by atoms with E-state index >= 15 is 0 Å². The lowest BCUT2D eigenvalue weighted by Crippen LogP contribution is -2.34. The average Bonchev–Trinajstić information content (AvgIpc) is 2.46. The highest BCUT2D eigenvalue weighted by atomic mass is 16.1. The minimum absolute atomic E-state index is 0.00458. The van der Waals surface area contributed by atoms with Crippen LogP contribution >= 0.6 is 0 Å². The van der Waals surface area contributed by atoms with Crippen molar-refractivity contribution in [1.29, 1.82) is 5.26 Å². The first-order valence-corrected chi connectivity index (χ1v) is 6.18. The SMILES string of the molecule is N#Cc1cnc(N(CC(N)=O)Cc2cccc(N)c2)cn1. The first-order valence-electron chi connectivity index (χ1n) is 6.18. The summed E-state index contributed by atoms with van der Waals surface area (Å²) in [6, 6.07) is 9.20. The van der Waals surface area contributed by atoms with Crippen molar-refractivity contribution in [2.45, 2.75) is 6.54 Å². The molecule has 4 N–H and O–H groups in total. The Balaban J connectivity index is 2.25. The fraction of sp³-hybridized carbons (Fsp3) is 0.143. The van der Waals surface area contributed by atoms with Gasteiger partial charge in [0.1, 0.15) is 11.9 Å². The fourth-order valence-electron chi connectivity index (χ4n) is 1.86. The number of anilines is 2. The van der Waals surface area contributed by atoms with Crippen LogP contribution in [-0.2, 0) is 11.3 Å². The zero-order chi connectivity index (χ0) is 15.2. The Morgan fingerprint density at radius 2 is 2.14 bits per heavy atom. The molecule has 0 saturated heterocycles. The minimum Gasteiger partial charge on any atom is -0.399 e. The lowest BCUT2D eigenvalue weighted by Gasteiger charge is -2.22. The van der Waals surface area contributed by atoms with Gasteiger partial charge in [-0.05, 0) is 17.7 Å². The van der Waals surface area contributed by atoms with Crippen molar-refractivity contribution in [3.05, 3.63) is 47.9 Å². The number of primary amides is 1. The average molecular weight is 282 g/mol. The van der Waals surface area contributed by atoms with E-state index in [9.17, 15) is 4.79 Å². The van der Waals surface area contributed by atoms with E-state index in [1.54, 1.807) is 11.0 Å². The summed E-state index contributed by atoms with van der Waals surface area (Å²) in [6.45, 7) is 0.407. The highest BCUT2D eigenvalue weighted by molar-refractivity contribution is 5.79. The second-order valence-corrected chi connectivity index (χ2v) is 4.44. The molecule has 106 valence electrons. The molecule has 0 bridgehead atoms. The third kappa shape index (κ3) is 3.91. The molecule has 1 amide bonds. The van der Waals surface area contributed by atoms with Crippen LogP contribution < -0.4 is 16.4 Å². The van der Waals surface area contributed by atoms with Crippen LogP contribution in [0.3, 0.4) is 0 Å². The Kier molecular flexibility index (Phi) is 4.31. The first kappa shape index (κ1) is 14.3. The predicted molar refractivity (Wildman–Crippen MR) is 77.8 cm³/mol. The van der Waals surface area contributed by atoms with Crippen molar-refractivity contribution in [3.63, 3.8) is 0 Å². The zero-order valence-corrected chi connectivity index (χ0v) is 11.2. The highest BCUT2D eigenvalue weighted by Crippen LogP contribution is 2.15. The van der Waals surface area contributed by atoms with Gasteiger partial charge in [-0.25, -0.2) is 9.97 Å². The van der Waals surface area contributed by atoms with Gasteiger partial charge in [0.05, 0.1) is 18.9 Å². The number of nitrogens with two attached hydrogens (primary N) is 2. The number of nitrogens with zero attached hydrogens (tertiary/aromatic N) is 4. The number of hydrogen-bond donors (Lipinski definition) is 2. The molecular weight excluding hydrogens is 268 g/mol. The molecule has 21 heavy (non-hydrogen) atoms. The smallest absolute Gasteiger partial charge is 0.237 e. The zero-order valence-electron chi connectivity index (χ0n) is 11.2. The van der Waals surface area contributed by atoms with Gasteiger partial charge >= 0.3 is 0 Å². The molecule has 0 saturated carbocycles. The van der Waals surface area contributed by atoms with E-state index < -0.39 is 5.91 Å². The van der Waals surface area contributed by atoms with E-state index in [2.05, 4.69) is 9.97 Å². The summed E-state index contributed by atoms with van der Waals surface area (Å²) in [7, 11) is 0. The maximum Gasteiger partial charge on any atom is 0.237 e. The van der Waals surface area contributed by atoms with Gasteiger partial charge in [-0.3, -0.25) is 4.79 Å². The van der Waals surface area contributed by atoms with Crippen LogP contribution in [0.5, 0.6) is 0 Å². The van der Waals surface area contributed by atoms with Crippen LogP contribution in [0, 0.1) is 11.3 Å². The maximum absolute atomic E-state index is 11.2. The third-order valence-corrected chi connectivity index (χ3v) is 2.75. The lowest BCUT2D eigenvalue weighted by atomic mass is 10.2. The number of carbonyl (C=O) groups excluding carboxylic acids is 1. The number of nitriles is 1. The third-order valence-electron chi connectivity index (χ3n) is 2.75. The van der Waals surface area contributed by atoms with Gasteiger partial charge in [0, 0.05) is 12.2 Å². The molecule has 0 fully saturated rings. The van der Waals surface area contributed by atoms with E-state index in [0.29, 0.717) is 18.1 Å². The molecule has 0 atom stereocenters. The summed E-state index contributed by atoms with van der Waals surface area (Å²) in [6.07, 6.45) is 2.79. The van der Waals surface area contributed by atoms with Gasteiger partial charge < -0.3 is 16.4 Å². The number of nitrogen functional groups attached to an aromatic ring is 1. The molecule has 0 aliphatic carbocycles. The topological polar surface area (TPSA) is 122 Å². The summed E-state index contributed by atoms with van der Waals surface area (Å²) in [5.74, 6) is -0.0136. The molecule has 1 heterocycles. The van der Waals surface area contributed by atoms with Gasteiger partial charge in [-0.1, -0.05) is 12.1 Å². The summed E-state index contributed by atoms with van der Waals surface area (Å²) in [4.78, 5) is 21.0. The minimum atomic E-state index is -0.481. The van der Waals surface area contributed by atoms with Crippen molar-refractivity contribution in [2.24, 2.45) is 5.73 Å². The Morgan fingerprint density at radius 1 is 1.33 bits per heavy atom. The predicted octanol–water partition coefficient (Wildman–Crippen LogP) is 0.422. The van der Waals surface area contributed by atoms with Crippen molar-refractivity contribution in [2.75, 3.05) is 17.2 Å². The van der Waals surface area contributed by atoms with Gasteiger partial charge in [-0.15, -0.1) is 0 Å². The monoisotopic (exact) mass is 282 g/mol. The molecule has 0 aliphatic heterocycles. The summed E-state index contributed by atoms with van der Waals surface area (Å²) < 4.78 is 0.